The van der Waals surface area contributed by atoms with E-state index >= 15 is 0 Å². The minimum absolute atomic E-state index is 0.0135. The first-order valence-electron chi connectivity index (χ1n) is 9.82. The lowest BCUT2D eigenvalue weighted by atomic mass is 9.96. The van der Waals surface area contributed by atoms with Gasteiger partial charge in [-0.1, -0.05) is 34.1 Å². The molecule has 29 heavy (non-hydrogen) atoms. The molecule has 2 aliphatic heterocycles. The topological polar surface area (TPSA) is 67.9 Å². The summed E-state index contributed by atoms with van der Waals surface area (Å²) in [6, 6.07) is 13.1. The third-order valence-electron chi connectivity index (χ3n) is 5.24. The van der Waals surface area contributed by atoms with Crippen LogP contribution in [0.1, 0.15) is 18.4 Å². The molecule has 1 atom stereocenters. The Bertz CT molecular complexity index is 903. The van der Waals surface area contributed by atoms with Crippen LogP contribution in [0.25, 0.3) is 0 Å². The monoisotopic (exact) mass is 458 g/mol. The molecule has 2 amide bonds. The van der Waals surface area contributed by atoms with Crippen molar-refractivity contribution in [1.82, 2.24) is 4.90 Å². The van der Waals surface area contributed by atoms with Gasteiger partial charge in [-0.15, -0.1) is 0 Å². The quantitative estimate of drug-likeness (QED) is 0.759. The number of anilines is 1. The first kappa shape index (κ1) is 19.8. The van der Waals surface area contributed by atoms with Crippen LogP contribution in [0.15, 0.2) is 46.9 Å². The molecule has 6 nitrogen and oxygen atoms in total. The molecule has 7 heteroatoms. The van der Waals surface area contributed by atoms with Gasteiger partial charge in [-0.05, 0) is 42.7 Å². The van der Waals surface area contributed by atoms with Gasteiger partial charge in [0.2, 0.25) is 11.8 Å². The van der Waals surface area contributed by atoms with Gasteiger partial charge in [-0.25, -0.2) is 0 Å². The number of amides is 2. The molecule has 0 saturated carbocycles. The van der Waals surface area contributed by atoms with Crippen LogP contribution in [0.2, 0.25) is 0 Å². The second-order valence-electron chi connectivity index (χ2n) is 7.30. The molecule has 0 spiro atoms. The van der Waals surface area contributed by atoms with Gasteiger partial charge < -0.3 is 19.7 Å². The van der Waals surface area contributed by atoms with Gasteiger partial charge in [-0.3, -0.25) is 9.59 Å². The van der Waals surface area contributed by atoms with Crippen LogP contribution in [0.4, 0.5) is 5.69 Å². The fourth-order valence-electron chi connectivity index (χ4n) is 3.70. The molecule has 2 heterocycles. The van der Waals surface area contributed by atoms with Crippen molar-refractivity contribution in [3.05, 3.63) is 52.5 Å². The van der Waals surface area contributed by atoms with Crippen molar-refractivity contribution in [1.29, 1.82) is 0 Å². The van der Waals surface area contributed by atoms with E-state index in [0.717, 1.165) is 28.6 Å². The van der Waals surface area contributed by atoms with E-state index in [0.29, 0.717) is 37.8 Å². The Morgan fingerprint density at radius 3 is 2.59 bits per heavy atom. The number of hydrogen-bond acceptors (Lipinski definition) is 4. The summed E-state index contributed by atoms with van der Waals surface area (Å²) in [6.07, 6.45) is 1.86. The van der Waals surface area contributed by atoms with E-state index in [2.05, 4.69) is 21.2 Å². The van der Waals surface area contributed by atoms with Gasteiger partial charge in [0, 0.05) is 23.2 Å². The summed E-state index contributed by atoms with van der Waals surface area (Å²) in [4.78, 5) is 27.3. The molecule has 1 fully saturated rings. The molecule has 2 aromatic rings. The number of ether oxygens (including phenoxy) is 2. The number of carbonyl (C=O) groups is 2. The highest BCUT2D eigenvalue weighted by atomic mass is 79.9. The van der Waals surface area contributed by atoms with Crippen LogP contribution in [0, 0.1) is 5.92 Å². The normalized spacial score (nSPS) is 18.2. The van der Waals surface area contributed by atoms with E-state index < -0.39 is 0 Å². The molecular formula is C22H23BrN2O4. The number of piperidine rings is 1. The predicted molar refractivity (Wildman–Crippen MR) is 113 cm³/mol. The molecule has 2 aromatic carbocycles. The highest BCUT2D eigenvalue weighted by Crippen LogP contribution is 2.36. The molecule has 2 aliphatic rings. The van der Waals surface area contributed by atoms with Gasteiger partial charge in [0.25, 0.3) is 0 Å². The highest BCUT2D eigenvalue weighted by Gasteiger charge is 2.29. The van der Waals surface area contributed by atoms with Crippen molar-refractivity contribution in [3.63, 3.8) is 0 Å². The number of fused-ring (bicyclic) bond motifs is 1. The lowest BCUT2D eigenvalue weighted by molar-refractivity contribution is -0.133. The van der Waals surface area contributed by atoms with Gasteiger partial charge in [0.1, 0.15) is 13.2 Å². The van der Waals surface area contributed by atoms with Crippen molar-refractivity contribution in [3.8, 4) is 11.5 Å². The maximum atomic E-state index is 12.9. The zero-order chi connectivity index (χ0) is 20.2. The molecule has 152 valence electrons. The van der Waals surface area contributed by atoms with E-state index in [-0.39, 0.29) is 24.2 Å². The maximum absolute atomic E-state index is 12.9. The third-order valence-corrected chi connectivity index (χ3v) is 5.98. The highest BCUT2D eigenvalue weighted by molar-refractivity contribution is 9.10. The SMILES string of the molecule is O=C(Nc1ccccc1)C1CCCN(C(=O)Cc2cc3c(cc2Br)OCCO3)C1. The Morgan fingerprint density at radius 1 is 1.10 bits per heavy atom. The van der Waals surface area contributed by atoms with Crippen LogP contribution in [0.3, 0.4) is 0 Å². The standard InChI is InChI=1S/C22H23BrN2O4/c23-18-13-20-19(28-9-10-29-20)11-16(18)12-21(26)25-8-4-5-15(14-25)22(27)24-17-6-2-1-3-7-17/h1-3,6-7,11,13,15H,4-5,8-10,12,14H2,(H,24,27). The van der Waals surface area contributed by atoms with Crippen molar-refractivity contribution in [2.45, 2.75) is 19.3 Å². The number of nitrogens with zero attached hydrogens (tertiary/aromatic N) is 1. The van der Waals surface area contributed by atoms with E-state index in [1.165, 1.54) is 0 Å². The second-order valence-corrected chi connectivity index (χ2v) is 8.15. The smallest absolute Gasteiger partial charge is 0.229 e. The molecule has 4 rings (SSSR count). The molecule has 1 saturated heterocycles. The van der Waals surface area contributed by atoms with Crippen molar-refractivity contribution >= 4 is 33.4 Å². The number of para-hydroxylation sites is 1. The maximum Gasteiger partial charge on any atom is 0.229 e. The fourth-order valence-corrected chi connectivity index (χ4v) is 4.16. The van der Waals surface area contributed by atoms with E-state index in [9.17, 15) is 9.59 Å². The lowest BCUT2D eigenvalue weighted by Crippen LogP contribution is -2.44. The van der Waals surface area contributed by atoms with Crippen molar-refractivity contribution in [2.24, 2.45) is 5.92 Å². The Hall–Kier alpha value is -2.54. The summed E-state index contributed by atoms with van der Waals surface area (Å²) in [6.45, 7) is 2.15. The summed E-state index contributed by atoms with van der Waals surface area (Å²) in [7, 11) is 0. The number of rotatable bonds is 4. The minimum Gasteiger partial charge on any atom is -0.486 e. The Balaban J connectivity index is 1.39. The van der Waals surface area contributed by atoms with Gasteiger partial charge in [0.15, 0.2) is 11.5 Å². The van der Waals surface area contributed by atoms with Crippen LogP contribution < -0.4 is 14.8 Å². The molecule has 0 bridgehead atoms. The predicted octanol–water partition coefficient (Wildman–Crippen LogP) is 3.64. The Morgan fingerprint density at radius 2 is 1.83 bits per heavy atom. The largest absolute Gasteiger partial charge is 0.486 e. The Kier molecular flexibility index (Phi) is 6.04. The number of nitrogens with one attached hydrogen (secondary N) is 1. The minimum atomic E-state index is -0.198. The average Bonchev–Trinajstić information content (AvgIpc) is 2.75. The number of benzene rings is 2. The van der Waals surface area contributed by atoms with Crippen LogP contribution in [-0.2, 0) is 16.0 Å². The summed E-state index contributed by atoms with van der Waals surface area (Å²) in [5, 5.41) is 2.95. The summed E-state index contributed by atoms with van der Waals surface area (Å²) in [5.41, 5.74) is 1.64. The first-order chi connectivity index (χ1) is 14.1. The van der Waals surface area contributed by atoms with E-state index in [1.54, 1.807) is 4.90 Å². The molecule has 0 aromatic heterocycles. The fraction of sp³-hybridized carbons (Fsp3) is 0.364. The zero-order valence-corrected chi connectivity index (χ0v) is 17.6. The van der Waals surface area contributed by atoms with Gasteiger partial charge in [0.05, 0.1) is 12.3 Å². The molecule has 0 radical (unpaired) electrons. The third kappa shape index (κ3) is 4.72. The molecular weight excluding hydrogens is 436 g/mol. The Labute approximate surface area is 178 Å². The van der Waals surface area contributed by atoms with E-state index in [1.807, 2.05) is 42.5 Å². The van der Waals surface area contributed by atoms with Crippen molar-refractivity contribution < 1.29 is 19.1 Å². The number of halogens is 1. The molecule has 1 unspecified atom stereocenters. The van der Waals surface area contributed by atoms with Crippen molar-refractivity contribution in [2.75, 3.05) is 31.6 Å². The van der Waals surface area contributed by atoms with Gasteiger partial charge in [-0.2, -0.15) is 0 Å². The van der Waals surface area contributed by atoms with Gasteiger partial charge >= 0.3 is 0 Å². The summed E-state index contributed by atoms with van der Waals surface area (Å²) in [5.74, 6) is 1.14. The van der Waals surface area contributed by atoms with Crippen LogP contribution in [-0.4, -0.2) is 43.0 Å². The van der Waals surface area contributed by atoms with Crippen LogP contribution >= 0.6 is 15.9 Å². The average molecular weight is 459 g/mol. The second kappa shape index (κ2) is 8.86. The number of hydrogen-bond donors (Lipinski definition) is 1. The molecule has 0 aliphatic carbocycles. The zero-order valence-electron chi connectivity index (χ0n) is 16.0. The number of likely N-dealkylation sites (tertiary alicyclic amines) is 1. The van der Waals surface area contributed by atoms with E-state index in [4.69, 9.17) is 9.47 Å². The first-order valence-corrected chi connectivity index (χ1v) is 10.6. The molecule has 1 N–H and O–H groups in total. The summed E-state index contributed by atoms with van der Waals surface area (Å²) < 4.78 is 12.0. The summed E-state index contributed by atoms with van der Waals surface area (Å²) >= 11 is 3.53. The lowest BCUT2D eigenvalue weighted by Gasteiger charge is -2.32. The number of carbonyl (C=O) groups excluding carboxylic acids is 2. The van der Waals surface area contributed by atoms with Crippen LogP contribution in [0.5, 0.6) is 11.5 Å².